The lowest BCUT2D eigenvalue weighted by atomic mass is 10.2. The molecule has 1 aromatic heterocycles. The van der Waals surface area contributed by atoms with E-state index in [1.807, 2.05) is 11.6 Å². The standard InChI is InChI=1S/C12H17N3OS/c16-11(9-3-4-9)14-8-10-2-1-6-15(10)12-13-5-7-17-12/h5,7,9-10H,1-4,6,8H2,(H,14,16)/t10-/m1/s1. The lowest BCUT2D eigenvalue weighted by molar-refractivity contribution is -0.122. The molecule has 1 atom stereocenters. The predicted molar refractivity (Wildman–Crippen MR) is 68.2 cm³/mol. The number of amides is 1. The van der Waals surface area contributed by atoms with E-state index in [2.05, 4.69) is 15.2 Å². The molecule has 5 heteroatoms. The van der Waals surface area contributed by atoms with Crippen molar-refractivity contribution in [1.82, 2.24) is 10.3 Å². The van der Waals surface area contributed by atoms with E-state index in [4.69, 9.17) is 0 Å². The maximum absolute atomic E-state index is 11.6. The van der Waals surface area contributed by atoms with E-state index in [9.17, 15) is 4.79 Å². The number of aromatic nitrogens is 1. The zero-order chi connectivity index (χ0) is 11.7. The Morgan fingerprint density at radius 3 is 3.12 bits per heavy atom. The summed E-state index contributed by atoms with van der Waals surface area (Å²) in [7, 11) is 0. The highest BCUT2D eigenvalue weighted by molar-refractivity contribution is 7.13. The molecule has 1 saturated heterocycles. The van der Waals surface area contributed by atoms with Crippen LogP contribution in [0.2, 0.25) is 0 Å². The Hall–Kier alpha value is -1.10. The molecular formula is C12H17N3OS. The summed E-state index contributed by atoms with van der Waals surface area (Å²) >= 11 is 1.68. The van der Waals surface area contributed by atoms with E-state index in [-0.39, 0.29) is 5.91 Å². The molecule has 0 spiro atoms. The van der Waals surface area contributed by atoms with Crippen molar-refractivity contribution in [2.75, 3.05) is 18.0 Å². The fourth-order valence-electron chi connectivity index (χ4n) is 2.37. The second kappa shape index (κ2) is 4.64. The Morgan fingerprint density at radius 2 is 2.41 bits per heavy atom. The van der Waals surface area contributed by atoms with Gasteiger partial charge in [-0.3, -0.25) is 4.79 Å². The minimum atomic E-state index is 0.246. The van der Waals surface area contributed by atoms with Gasteiger partial charge < -0.3 is 10.2 Å². The molecule has 2 fully saturated rings. The second-order valence-corrected chi connectivity index (χ2v) is 5.70. The fraction of sp³-hybridized carbons (Fsp3) is 0.667. The first-order chi connectivity index (χ1) is 8.34. The molecule has 0 aromatic carbocycles. The number of rotatable bonds is 4. The Balaban J connectivity index is 1.56. The molecule has 2 heterocycles. The van der Waals surface area contributed by atoms with Gasteiger partial charge in [-0.25, -0.2) is 4.98 Å². The molecule has 0 bridgehead atoms. The molecule has 1 N–H and O–H groups in total. The smallest absolute Gasteiger partial charge is 0.223 e. The summed E-state index contributed by atoms with van der Waals surface area (Å²) in [5, 5.41) is 6.17. The monoisotopic (exact) mass is 251 g/mol. The number of nitrogens with one attached hydrogen (secondary N) is 1. The highest BCUT2D eigenvalue weighted by Gasteiger charge is 2.31. The van der Waals surface area contributed by atoms with Crippen molar-refractivity contribution in [3.63, 3.8) is 0 Å². The Labute approximate surface area is 105 Å². The molecule has 0 radical (unpaired) electrons. The first kappa shape index (κ1) is 11.0. The van der Waals surface area contributed by atoms with Gasteiger partial charge in [-0.2, -0.15) is 0 Å². The molecule has 1 aliphatic carbocycles. The molecular weight excluding hydrogens is 234 g/mol. The van der Waals surface area contributed by atoms with E-state index in [1.54, 1.807) is 11.3 Å². The largest absolute Gasteiger partial charge is 0.354 e. The van der Waals surface area contributed by atoms with E-state index >= 15 is 0 Å². The summed E-state index contributed by atoms with van der Waals surface area (Å²) < 4.78 is 0. The van der Waals surface area contributed by atoms with Crippen molar-refractivity contribution >= 4 is 22.4 Å². The summed E-state index contributed by atoms with van der Waals surface area (Å²) in [4.78, 5) is 18.3. The minimum Gasteiger partial charge on any atom is -0.354 e. The maximum Gasteiger partial charge on any atom is 0.223 e. The van der Waals surface area contributed by atoms with Gasteiger partial charge >= 0.3 is 0 Å². The summed E-state index contributed by atoms with van der Waals surface area (Å²) in [5.74, 6) is 0.556. The van der Waals surface area contributed by atoms with Crippen molar-refractivity contribution < 1.29 is 4.79 Å². The SMILES string of the molecule is O=C(NC[C@H]1CCCN1c1nccs1)C1CC1. The number of hydrogen-bond donors (Lipinski definition) is 1. The molecule has 1 aromatic rings. The molecule has 4 nitrogen and oxygen atoms in total. The summed E-state index contributed by atoms with van der Waals surface area (Å²) in [6, 6.07) is 0.434. The second-order valence-electron chi connectivity index (χ2n) is 4.82. The van der Waals surface area contributed by atoms with Crippen molar-refractivity contribution in [2.45, 2.75) is 31.7 Å². The van der Waals surface area contributed by atoms with Gasteiger partial charge in [0.2, 0.25) is 5.91 Å². The van der Waals surface area contributed by atoms with E-state index in [0.29, 0.717) is 12.0 Å². The lowest BCUT2D eigenvalue weighted by Crippen LogP contribution is -2.40. The fourth-order valence-corrected chi connectivity index (χ4v) is 3.11. The average molecular weight is 251 g/mol. The van der Waals surface area contributed by atoms with Crippen LogP contribution in [0.25, 0.3) is 0 Å². The van der Waals surface area contributed by atoms with Crippen molar-refractivity contribution in [2.24, 2.45) is 5.92 Å². The average Bonchev–Trinajstić information content (AvgIpc) is 2.88. The zero-order valence-electron chi connectivity index (χ0n) is 9.76. The predicted octanol–water partition coefficient (Wildman–Crippen LogP) is 1.64. The maximum atomic E-state index is 11.6. The molecule has 0 unspecified atom stereocenters. The highest BCUT2D eigenvalue weighted by atomic mass is 32.1. The zero-order valence-corrected chi connectivity index (χ0v) is 10.6. The van der Waals surface area contributed by atoms with Crippen LogP contribution in [0.15, 0.2) is 11.6 Å². The number of hydrogen-bond acceptors (Lipinski definition) is 4. The molecule has 1 saturated carbocycles. The number of carbonyl (C=O) groups is 1. The van der Waals surface area contributed by atoms with Crippen LogP contribution in [0.3, 0.4) is 0 Å². The van der Waals surface area contributed by atoms with Crippen LogP contribution in [0, 0.1) is 5.92 Å². The van der Waals surface area contributed by atoms with E-state index < -0.39 is 0 Å². The van der Waals surface area contributed by atoms with Crippen LogP contribution >= 0.6 is 11.3 Å². The van der Waals surface area contributed by atoms with Crippen molar-refractivity contribution in [3.05, 3.63) is 11.6 Å². The van der Waals surface area contributed by atoms with Crippen LogP contribution in [-0.2, 0) is 4.79 Å². The topological polar surface area (TPSA) is 45.2 Å². The molecule has 17 heavy (non-hydrogen) atoms. The van der Waals surface area contributed by atoms with Crippen molar-refractivity contribution in [1.29, 1.82) is 0 Å². The number of nitrogens with zero attached hydrogens (tertiary/aromatic N) is 2. The third-order valence-electron chi connectivity index (χ3n) is 3.50. The van der Waals surface area contributed by atoms with Gasteiger partial charge in [-0.15, -0.1) is 11.3 Å². The van der Waals surface area contributed by atoms with Gasteiger partial charge in [0.1, 0.15) is 0 Å². The molecule has 3 rings (SSSR count). The Bertz CT molecular complexity index is 388. The van der Waals surface area contributed by atoms with E-state index in [1.165, 1.54) is 6.42 Å². The number of thiazole rings is 1. The summed E-state index contributed by atoms with van der Waals surface area (Å²) in [5.41, 5.74) is 0. The lowest BCUT2D eigenvalue weighted by Gasteiger charge is -2.24. The van der Waals surface area contributed by atoms with Gasteiger partial charge in [-0.05, 0) is 25.7 Å². The minimum absolute atomic E-state index is 0.246. The Kier molecular flexibility index (Phi) is 3.01. The van der Waals surface area contributed by atoms with Gasteiger partial charge in [0.15, 0.2) is 5.13 Å². The van der Waals surface area contributed by atoms with E-state index in [0.717, 1.165) is 37.5 Å². The quantitative estimate of drug-likeness (QED) is 0.885. The van der Waals surface area contributed by atoms with Gasteiger partial charge in [0, 0.05) is 36.6 Å². The number of anilines is 1. The van der Waals surface area contributed by atoms with Crippen LogP contribution < -0.4 is 10.2 Å². The van der Waals surface area contributed by atoms with Crippen LogP contribution in [-0.4, -0.2) is 30.0 Å². The first-order valence-corrected chi connectivity index (χ1v) is 7.16. The Morgan fingerprint density at radius 1 is 1.53 bits per heavy atom. The van der Waals surface area contributed by atoms with Crippen LogP contribution in [0.5, 0.6) is 0 Å². The molecule has 92 valence electrons. The first-order valence-electron chi connectivity index (χ1n) is 6.28. The van der Waals surface area contributed by atoms with Crippen molar-refractivity contribution in [3.8, 4) is 0 Å². The van der Waals surface area contributed by atoms with Gasteiger partial charge in [0.05, 0.1) is 0 Å². The van der Waals surface area contributed by atoms with Gasteiger partial charge in [0.25, 0.3) is 0 Å². The normalized spacial score (nSPS) is 24.0. The third-order valence-corrected chi connectivity index (χ3v) is 4.31. The summed E-state index contributed by atoms with van der Waals surface area (Å²) in [6.07, 6.45) is 6.35. The molecule has 1 aliphatic heterocycles. The highest BCUT2D eigenvalue weighted by Crippen LogP contribution is 2.29. The molecule has 1 amide bonds. The third kappa shape index (κ3) is 2.44. The van der Waals surface area contributed by atoms with Crippen LogP contribution in [0.1, 0.15) is 25.7 Å². The molecule has 2 aliphatic rings. The number of carbonyl (C=O) groups excluding carboxylic acids is 1. The summed E-state index contributed by atoms with van der Waals surface area (Å²) in [6.45, 7) is 1.84. The van der Waals surface area contributed by atoms with Crippen LogP contribution in [0.4, 0.5) is 5.13 Å². The van der Waals surface area contributed by atoms with Gasteiger partial charge in [-0.1, -0.05) is 0 Å².